The molecule has 0 aromatic heterocycles. The molecular weight excluding hydrogens is 222 g/mol. The van der Waals surface area contributed by atoms with Gasteiger partial charge in [0.05, 0.1) is 6.10 Å². The summed E-state index contributed by atoms with van der Waals surface area (Å²) in [7, 11) is 0. The quantitative estimate of drug-likeness (QED) is 0.755. The van der Waals surface area contributed by atoms with Crippen molar-refractivity contribution in [3.8, 4) is 0 Å². The molecule has 1 rings (SSSR count). The number of hydrogen-bond donors (Lipinski definition) is 1. The van der Waals surface area contributed by atoms with Crippen molar-refractivity contribution in [3.63, 3.8) is 0 Å². The number of ether oxygens (including phenoxy) is 1. The molecule has 0 saturated carbocycles. The number of aryl methyl sites for hydroxylation is 1. The fourth-order valence-corrected chi connectivity index (χ4v) is 2.09. The fourth-order valence-electron chi connectivity index (χ4n) is 2.09. The second kappa shape index (κ2) is 8.28. The van der Waals surface area contributed by atoms with Crippen molar-refractivity contribution in [1.82, 2.24) is 5.32 Å². The van der Waals surface area contributed by atoms with E-state index < -0.39 is 0 Å². The van der Waals surface area contributed by atoms with E-state index in [4.69, 9.17) is 4.74 Å². The largest absolute Gasteiger partial charge is 0.379 e. The number of nitrogens with one attached hydrogen (secondary N) is 1. The van der Waals surface area contributed by atoms with Gasteiger partial charge in [0.15, 0.2) is 0 Å². The lowest BCUT2D eigenvalue weighted by molar-refractivity contribution is 0.0714. The van der Waals surface area contributed by atoms with Gasteiger partial charge >= 0.3 is 0 Å². The molecule has 0 aliphatic heterocycles. The number of benzene rings is 1. The van der Waals surface area contributed by atoms with E-state index in [1.54, 1.807) is 0 Å². The third-order valence-electron chi connectivity index (χ3n) is 3.06. The summed E-state index contributed by atoms with van der Waals surface area (Å²) in [4.78, 5) is 0. The van der Waals surface area contributed by atoms with Crippen molar-refractivity contribution >= 4 is 0 Å². The Labute approximate surface area is 112 Å². The minimum atomic E-state index is 0.314. The van der Waals surface area contributed by atoms with Crippen molar-refractivity contribution in [3.05, 3.63) is 35.4 Å². The highest BCUT2D eigenvalue weighted by Gasteiger charge is 2.12. The Morgan fingerprint density at radius 2 is 1.94 bits per heavy atom. The molecule has 2 nitrogen and oxygen atoms in total. The standard InChI is InChI=1S/C16H27NO/c1-5-11-17-16(10-12-18-13(2)3)15-9-7-6-8-14(15)4/h6-9,13,16-17H,5,10-12H2,1-4H3. The molecule has 1 atom stereocenters. The monoisotopic (exact) mass is 249 g/mol. The van der Waals surface area contributed by atoms with Crippen molar-refractivity contribution < 1.29 is 4.74 Å². The van der Waals surface area contributed by atoms with Gasteiger partial charge in [-0.15, -0.1) is 0 Å². The van der Waals surface area contributed by atoms with Gasteiger partial charge in [-0.1, -0.05) is 31.2 Å². The highest BCUT2D eigenvalue weighted by atomic mass is 16.5. The van der Waals surface area contributed by atoms with Gasteiger partial charge in [0, 0.05) is 12.6 Å². The predicted octanol–water partition coefficient (Wildman–Crippen LogP) is 3.85. The maximum absolute atomic E-state index is 5.67. The van der Waals surface area contributed by atoms with Crippen LogP contribution in [0.25, 0.3) is 0 Å². The van der Waals surface area contributed by atoms with Gasteiger partial charge in [-0.3, -0.25) is 0 Å². The summed E-state index contributed by atoms with van der Waals surface area (Å²) in [6.45, 7) is 10.4. The first-order chi connectivity index (χ1) is 8.65. The molecule has 18 heavy (non-hydrogen) atoms. The summed E-state index contributed by atoms with van der Waals surface area (Å²) in [5.74, 6) is 0. The van der Waals surface area contributed by atoms with E-state index in [1.165, 1.54) is 11.1 Å². The van der Waals surface area contributed by atoms with Gasteiger partial charge < -0.3 is 10.1 Å². The molecule has 0 radical (unpaired) electrons. The molecule has 1 unspecified atom stereocenters. The third-order valence-corrected chi connectivity index (χ3v) is 3.06. The molecule has 0 amide bonds. The Balaban J connectivity index is 2.62. The Hall–Kier alpha value is -0.860. The minimum Gasteiger partial charge on any atom is -0.379 e. The van der Waals surface area contributed by atoms with E-state index in [-0.39, 0.29) is 0 Å². The minimum absolute atomic E-state index is 0.314. The Kier molecular flexibility index (Phi) is 6.99. The first-order valence-electron chi connectivity index (χ1n) is 7.05. The van der Waals surface area contributed by atoms with Crippen LogP contribution in [-0.2, 0) is 4.74 Å². The van der Waals surface area contributed by atoms with E-state index in [2.05, 4.69) is 57.3 Å². The summed E-state index contributed by atoms with van der Waals surface area (Å²) in [5, 5.41) is 3.62. The van der Waals surface area contributed by atoms with Crippen LogP contribution >= 0.6 is 0 Å². The first-order valence-corrected chi connectivity index (χ1v) is 7.05. The van der Waals surface area contributed by atoms with Crippen LogP contribution in [0.15, 0.2) is 24.3 Å². The van der Waals surface area contributed by atoms with Crippen LogP contribution in [0.2, 0.25) is 0 Å². The summed E-state index contributed by atoms with van der Waals surface area (Å²) in [5.41, 5.74) is 2.76. The second-order valence-electron chi connectivity index (χ2n) is 5.07. The van der Waals surface area contributed by atoms with Gasteiger partial charge in [0.1, 0.15) is 0 Å². The lowest BCUT2D eigenvalue weighted by Gasteiger charge is -2.21. The van der Waals surface area contributed by atoms with E-state index >= 15 is 0 Å². The molecule has 0 heterocycles. The maximum Gasteiger partial charge on any atom is 0.0518 e. The van der Waals surface area contributed by atoms with Crippen LogP contribution in [0.3, 0.4) is 0 Å². The molecule has 0 spiro atoms. The zero-order valence-corrected chi connectivity index (χ0v) is 12.2. The van der Waals surface area contributed by atoms with Crippen LogP contribution < -0.4 is 5.32 Å². The summed E-state index contributed by atoms with van der Waals surface area (Å²) in [6, 6.07) is 9.02. The zero-order chi connectivity index (χ0) is 13.4. The second-order valence-corrected chi connectivity index (χ2v) is 5.07. The predicted molar refractivity (Wildman–Crippen MR) is 77.9 cm³/mol. The molecular formula is C16H27NO. The number of rotatable bonds is 8. The van der Waals surface area contributed by atoms with Crippen LogP contribution in [-0.4, -0.2) is 19.3 Å². The van der Waals surface area contributed by atoms with Crippen LogP contribution in [0.4, 0.5) is 0 Å². The molecule has 102 valence electrons. The van der Waals surface area contributed by atoms with E-state index in [9.17, 15) is 0 Å². The van der Waals surface area contributed by atoms with Gasteiger partial charge in [0.2, 0.25) is 0 Å². The van der Waals surface area contributed by atoms with Gasteiger partial charge in [-0.25, -0.2) is 0 Å². The Morgan fingerprint density at radius 3 is 2.56 bits per heavy atom. The Morgan fingerprint density at radius 1 is 1.22 bits per heavy atom. The first kappa shape index (κ1) is 15.2. The summed E-state index contributed by atoms with van der Waals surface area (Å²) >= 11 is 0. The van der Waals surface area contributed by atoms with Crippen molar-refractivity contribution in [1.29, 1.82) is 0 Å². The molecule has 0 aliphatic rings. The maximum atomic E-state index is 5.67. The molecule has 1 N–H and O–H groups in total. The lowest BCUT2D eigenvalue weighted by atomic mass is 9.99. The fraction of sp³-hybridized carbons (Fsp3) is 0.625. The summed E-state index contributed by atoms with van der Waals surface area (Å²) < 4.78 is 5.67. The highest BCUT2D eigenvalue weighted by Crippen LogP contribution is 2.20. The average Bonchev–Trinajstić information content (AvgIpc) is 2.34. The molecule has 1 aromatic rings. The van der Waals surface area contributed by atoms with E-state index in [1.807, 2.05) is 0 Å². The van der Waals surface area contributed by atoms with Crippen molar-refractivity contribution in [2.75, 3.05) is 13.2 Å². The van der Waals surface area contributed by atoms with Crippen molar-refractivity contribution in [2.24, 2.45) is 0 Å². The molecule has 2 heteroatoms. The molecule has 0 fully saturated rings. The van der Waals surface area contributed by atoms with Crippen molar-refractivity contribution in [2.45, 2.75) is 52.7 Å². The third kappa shape index (κ3) is 5.19. The average molecular weight is 249 g/mol. The van der Waals surface area contributed by atoms with Crippen LogP contribution in [0.5, 0.6) is 0 Å². The highest BCUT2D eigenvalue weighted by molar-refractivity contribution is 5.28. The van der Waals surface area contributed by atoms with E-state index in [0.29, 0.717) is 12.1 Å². The number of hydrogen-bond acceptors (Lipinski definition) is 2. The lowest BCUT2D eigenvalue weighted by Crippen LogP contribution is -2.24. The molecule has 0 saturated heterocycles. The normalized spacial score (nSPS) is 12.9. The summed E-state index contributed by atoms with van der Waals surface area (Å²) in [6.07, 6.45) is 2.50. The van der Waals surface area contributed by atoms with Crippen LogP contribution in [0.1, 0.15) is 50.8 Å². The van der Waals surface area contributed by atoms with Gasteiger partial charge in [-0.05, 0) is 51.3 Å². The van der Waals surface area contributed by atoms with E-state index in [0.717, 1.165) is 26.0 Å². The van der Waals surface area contributed by atoms with Gasteiger partial charge in [0.25, 0.3) is 0 Å². The molecule has 0 bridgehead atoms. The molecule has 1 aromatic carbocycles. The van der Waals surface area contributed by atoms with Gasteiger partial charge in [-0.2, -0.15) is 0 Å². The topological polar surface area (TPSA) is 21.3 Å². The van der Waals surface area contributed by atoms with Crippen LogP contribution in [0, 0.1) is 6.92 Å². The molecule has 0 aliphatic carbocycles. The Bertz CT molecular complexity index is 336. The SMILES string of the molecule is CCCNC(CCOC(C)C)c1ccccc1C. The zero-order valence-electron chi connectivity index (χ0n) is 12.2. The smallest absolute Gasteiger partial charge is 0.0518 e.